The number of piperidine rings is 1. The molecule has 3 rings (SSSR count). The molecule has 0 bridgehead atoms. The van der Waals surface area contributed by atoms with Gasteiger partial charge in [-0.05, 0) is 82.5 Å². The number of thioether (sulfide) groups is 1. The Balaban J connectivity index is 1.45. The average Bonchev–Trinajstić information content (AvgIpc) is 2.68. The highest BCUT2D eigenvalue weighted by Gasteiger charge is 2.38. The molecule has 7 heteroatoms. The number of carbonyl (C=O) groups is 2. The first-order valence-electron chi connectivity index (χ1n) is 10.8. The van der Waals surface area contributed by atoms with Gasteiger partial charge in [-0.15, -0.1) is 11.8 Å². The maximum Gasteiger partial charge on any atom is 0.251 e. The van der Waals surface area contributed by atoms with Crippen molar-refractivity contribution in [1.82, 2.24) is 10.6 Å². The lowest BCUT2D eigenvalue weighted by Crippen LogP contribution is -2.62. The Bertz CT molecular complexity index is 927. The zero-order valence-electron chi connectivity index (χ0n) is 19.1. The Labute approximate surface area is 193 Å². The fraction of sp³-hybridized carbons (Fsp3) is 0.440. The van der Waals surface area contributed by atoms with Crippen molar-refractivity contribution >= 4 is 29.3 Å². The van der Waals surface area contributed by atoms with Crippen LogP contribution in [0.25, 0.3) is 0 Å². The standard InChI is InChI=1S/C25H32FN3O2S/c1-24(2)13-21(14-25(3,4)29-24)28-23(31)18-7-5-17(6-8-18)15-32-16-22(30)27-20-11-9-19(26)10-12-20/h5-12,21,29H,13-16H2,1-4H3,(H,27,30)(H,28,31). The molecular weight excluding hydrogens is 425 g/mol. The monoisotopic (exact) mass is 457 g/mol. The van der Waals surface area contributed by atoms with Gasteiger partial charge < -0.3 is 16.0 Å². The molecule has 2 aromatic rings. The Morgan fingerprint density at radius 3 is 2.19 bits per heavy atom. The number of hydrogen-bond acceptors (Lipinski definition) is 4. The van der Waals surface area contributed by atoms with Crippen LogP contribution in [0.1, 0.15) is 56.5 Å². The second-order valence-electron chi connectivity index (χ2n) is 9.72. The number of hydrogen-bond donors (Lipinski definition) is 3. The molecule has 0 atom stereocenters. The molecule has 0 aromatic heterocycles. The van der Waals surface area contributed by atoms with Gasteiger partial charge in [-0.3, -0.25) is 9.59 Å². The summed E-state index contributed by atoms with van der Waals surface area (Å²) in [7, 11) is 0. The number of rotatable bonds is 7. The van der Waals surface area contributed by atoms with Crippen LogP contribution in [0.5, 0.6) is 0 Å². The Kier molecular flexibility index (Phi) is 7.62. The zero-order valence-corrected chi connectivity index (χ0v) is 19.9. The summed E-state index contributed by atoms with van der Waals surface area (Å²) >= 11 is 1.49. The van der Waals surface area contributed by atoms with Gasteiger partial charge >= 0.3 is 0 Å². The molecule has 0 spiro atoms. The minimum absolute atomic E-state index is 0.0240. The highest BCUT2D eigenvalue weighted by atomic mass is 32.2. The number of nitrogens with one attached hydrogen (secondary N) is 3. The van der Waals surface area contributed by atoms with Crippen LogP contribution in [0.4, 0.5) is 10.1 Å². The molecule has 2 aromatic carbocycles. The normalized spacial score (nSPS) is 17.5. The first-order chi connectivity index (χ1) is 15.0. The van der Waals surface area contributed by atoms with E-state index in [-0.39, 0.29) is 34.8 Å². The molecule has 0 radical (unpaired) electrons. The number of amides is 2. The minimum Gasteiger partial charge on any atom is -0.349 e. The maximum atomic E-state index is 12.9. The van der Waals surface area contributed by atoms with E-state index in [1.165, 1.54) is 36.0 Å². The molecule has 1 fully saturated rings. The molecule has 172 valence electrons. The molecule has 3 N–H and O–H groups in total. The van der Waals surface area contributed by atoms with E-state index < -0.39 is 0 Å². The van der Waals surface area contributed by atoms with Crippen LogP contribution < -0.4 is 16.0 Å². The number of carbonyl (C=O) groups excluding carboxylic acids is 2. The summed E-state index contributed by atoms with van der Waals surface area (Å²) in [6, 6.07) is 13.3. The predicted octanol–water partition coefficient (Wildman–Crippen LogP) is 4.74. The van der Waals surface area contributed by atoms with E-state index in [0.717, 1.165) is 18.4 Å². The van der Waals surface area contributed by atoms with Crippen molar-refractivity contribution < 1.29 is 14.0 Å². The first kappa shape index (κ1) is 24.3. The van der Waals surface area contributed by atoms with E-state index in [9.17, 15) is 14.0 Å². The summed E-state index contributed by atoms with van der Waals surface area (Å²) in [5, 5.41) is 9.56. The molecule has 0 unspecified atom stereocenters. The van der Waals surface area contributed by atoms with Crippen LogP contribution in [-0.2, 0) is 10.5 Å². The molecule has 1 aliphatic rings. The lowest BCUT2D eigenvalue weighted by Gasteiger charge is -2.46. The van der Waals surface area contributed by atoms with Crippen molar-refractivity contribution in [2.45, 2.75) is 63.4 Å². The third-order valence-corrected chi connectivity index (χ3v) is 6.38. The third-order valence-electron chi connectivity index (χ3n) is 5.37. The lowest BCUT2D eigenvalue weighted by atomic mass is 9.79. The molecule has 2 amide bonds. The Morgan fingerprint density at radius 1 is 1.00 bits per heavy atom. The molecule has 1 saturated heterocycles. The van der Waals surface area contributed by atoms with Gasteiger partial charge in [0.15, 0.2) is 0 Å². The van der Waals surface area contributed by atoms with E-state index >= 15 is 0 Å². The van der Waals surface area contributed by atoms with Crippen LogP contribution in [0, 0.1) is 5.82 Å². The largest absolute Gasteiger partial charge is 0.349 e. The van der Waals surface area contributed by atoms with Gasteiger partial charge in [0.25, 0.3) is 5.91 Å². The molecule has 32 heavy (non-hydrogen) atoms. The maximum absolute atomic E-state index is 12.9. The highest BCUT2D eigenvalue weighted by molar-refractivity contribution is 7.99. The summed E-state index contributed by atoms with van der Waals surface area (Å²) in [6.45, 7) is 8.66. The minimum atomic E-state index is -0.335. The van der Waals surface area contributed by atoms with Crippen molar-refractivity contribution in [1.29, 1.82) is 0 Å². The van der Waals surface area contributed by atoms with Crippen LogP contribution in [0.2, 0.25) is 0 Å². The van der Waals surface area contributed by atoms with Crippen molar-refractivity contribution in [3.05, 3.63) is 65.5 Å². The molecule has 1 aliphatic heterocycles. The first-order valence-corrected chi connectivity index (χ1v) is 12.0. The van der Waals surface area contributed by atoms with Gasteiger partial charge in [-0.2, -0.15) is 0 Å². The van der Waals surface area contributed by atoms with Gasteiger partial charge in [-0.1, -0.05) is 12.1 Å². The van der Waals surface area contributed by atoms with Crippen LogP contribution in [-0.4, -0.2) is 34.7 Å². The Morgan fingerprint density at radius 2 is 1.59 bits per heavy atom. The Hall–Kier alpha value is -2.38. The van der Waals surface area contributed by atoms with Gasteiger partial charge in [0.2, 0.25) is 5.91 Å². The van der Waals surface area contributed by atoms with E-state index in [1.54, 1.807) is 0 Å². The second-order valence-corrected chi connectivity index (χ2v) is 10.7. The fourth-order valence-corrected chi connectivity index (χ4v) is 5.23. The lowest BCUT2D eigenvalue weighted by molar-refractivity contribution is -0.113. The quantitative estimate of drug-likeness (QED) is 0.562. The smallest absolute Gasteiger partial charge is 0.251 e. The SMILES string of the molecule is CC1(C)CC(NC(=O)c2ccc(CSCC(=O)Nc3ccc(F)cc3)cc2)CC(C)(C)N1. The van der Waals surface area contributed by atoms with Gasteiger partial charge in [0.1, 0.15) is 5.82 Å². The summed E-state index contributed by atoms with van der Waals surface area (Å²) in [6.07, 6.45) is 1.77. The van der Waals surface area contributed by atoms with Gasteiger partial charge in [-0.25, -0.2) is 4.39 Å². The molecular formula is C25H32FN3O2S. The summed E-state index contributed by atoms with van der Waals surface area (Å²) in [5.74, 6) is 0.431. The van der Waals surface area contributed by atoms with E-state index in [4.69, 9.17) is 0 Å². The van der Waals surface area contributed by atoms with Crippen LogP contribution in [0.15, 0.2) is 48.5 Å². The van der Waals surface area contributed by atoms with E-state index in [2.05, 4.69) is 43.6 Å². The topological polar surface area (TPSA) is 70.2 Å². The van der Waals surface area contributed by atoms with Crippen molar-refractivity contribution in [3.63, 3.8) is 0 Å². The predicted molar refractivity (Wildman–Crippen MR) is 129 cm³/mol. The van der Waals surface area contributed by atoms with Crippen molar-refractivity contribution in [2.75, 3.05) is 11.1 Å². The summed E-state index contributed by atoms with van der Waals surface area (Å²) in [5.41, 5.74) is 2.22. The van der Waals surface area contributed by atoms with Gasteiger partial charge in [0.05, 0.1) is 5.75 Å². The molecule has 5 nitrogen and oxygen atoms in total. The highest BCUT2D eigenvalue weighted by Crippen LogP contribution is 2.28. The number of anilines is 1. The molecule has 0 aliphatic carbocycles. The number of benzene rings is 2. The van der Waals surface area contributed by atoms with Crippen molar-refractivity contribution in [3.8, 4) is 0 Å². The third kappa shape index (κ3) is 7.35. The van der Waals surface area contributed by atoms with Crippen LogP contribution >= 0.6 is 11.8 Å². The van der Waals surface area contributed by atoms with E-state index in [1.807, 2.05) is 24.3 Å². The average molecular weight is 458 g/mol. The molecule has 0 saturated carbocycles. The van der Waals surface area contributed by atoms with E-state index in [0.29, 0.717) is 22.8 Å². The summed E-state index contributed by atoms with van der Waals surface area (Å²) < 4.78 is 12.9. The molecule has 1 heterocycles. The zero-order chi connectivity index (χ0) is 23.4. The van der Waals surface area contributed by atoms with Crippen LogP contribution in [0.3, 0.4) is 0 Å². The fourth-order valence-electron chi connectivity index (χ4n) is 4.44. The van der Waals surface area contributed by atoms with Crippen molar-refractivity contribution in [2.24, 2.45) is 0 Å². The second kappa shape index (κ2) is 10.0. The van der Waals surface area contributed by atoms with Gasteiger partial charge in [0, 0.05) is 34.1 Å². The summed E-state index contributed by atoms with van der Waals surface area (Å²) in [4.78, 5) is 24.8. The number of halogens is 1.